The van der Waals surface area contributed by atoms with Crippen LogP contribution in [0.5, 0.6) is 11.5 Å². The fourth-order valence-corrected chi connectivity index (χ4v) is 1.45. The Bertz CT molecular complexity index is 476. The van der Waals surface area contributed by atoms with E-state index in [1.807, 2.05) is 0 Å². The molecule has 0 saturated heterocycles. The van der Waals surface area contributed by atoms with E-state index in [-0.39, 0.29) is 6.42 Å². The highest BCUT2D eigenvalue weighted by Gasteiger charge is 2.17. The van der Waals surface area contributed by atoms with Crippen molar-refractivity contribution in [1.82, 2.24) is 0 Å². The Labute approximate surface area is 110 Å². The summed E-state index contributed by atoms with van der Waals surface area (Å²) in [5, 5.41) is 2.56. The van der Waals surface area contributed by atoms with E-state index in [0.717, 1.165) is 0 Å². The smallest absolute Gasteiger partial charge is 0.241 e. The third-order valence-corrected chi connectivity index (χ3v) is 2.42. The van der Waals surface area contributed by atoms with Crippen LogP contribution < -0.4 is 26.3 Å². The molecule has 1 atom stereocenters. The maximum Gasteiger partial charge on any atom is 0.241 e. The monoisotopic (exact) mass is 267 g/mol. The van der Waals surface area contributed by atoms with Gasteiger partial charge in [0.1, 0.15) is 11.5 Å². The molecule has 2 amide bonds. The van der Waals surface area contributed by atoms with Gasteiger partial charge < -0.3 is 26.3 Å². The molecule has 104 valence electrons. The Morgan fingerprint density at radius 2 is 2.00 bits per heavy atom. The zero-order valence-electron chi connectivity index (χ0n) is 10.8. The summed E-state index contributed by atoms with van der Waals surface area (Å²) in [4.78, 5) is 22.5. The van der Waals surface area contributed by atoms with Crippen LogP contribution in [0.4, 0.5) is 5.69 Å². The summed E-state index contributed by atoms with van der Waals surface area (Å²) in [6.07, 6.45) is -0.224. The van der Waals surface area contributed by atoms with Crippen LogP contribution in [-0.4, -0.2) is 32.1 Å². The predicted octanol–water partition coefficient (Wildman–Crippen LogP) is -0.155. The molecule has 0 radical (unpaired) electrons. The number of methoxy groups -OCH3 is 2. The lowest BCUT2D eigenvalue weighted by atomic mass is 10.2. The van der Waals surface area contributed by atoms with Crippen LogP contribution in [0.3, 0.4) is 0 Å². The molecule has 1 rings (SSSR count). The normalized spacial score (nSPS) is 11.5. The van der Waals surface area contributed by atoms with Crippen LogP contribution in [-0.2, 0) is 9.59 Å². The maximum atomic E-state index is 11.8. The van der Waals surface area contributed by atoms with Crippen molar-refractivity contribution in [3.05, 3.63) is 18.2 Å². The number of primary amides is 1. The van der Waals surface area contributed by atoms with Crippen LogP contribution in [0.15, 0.2) is 18.2 Å². The second-order valence-electron chi connectivity index (χ2n) is 3.83. The summed E-state index contributed by atoms with van der Waals surface area (Å²) in [6.45, 7) is 0. The number of rotatable bonds is 6. The molecule has 7 heteroatoms. The minimum Gasteiger partial charge on any atom is -0.497 e. The molecule has 0 bridgehead atoms. The summed E-state index contributed by atoms with van der Waals surface area (Å²) in [6, 6.07) is 3.92. The van der Waals surface area contributed by atoms with Crippen molar-refractivity contribution in [2.75, 3.05) is 19.5 Å². The summed E-state index contributed by atoms with van der Waals surface area (Å²) < 4.78 is 10.2. The van der Waals surface area contributed by atoms with Gasteiger partial charge in [-0.2, -0.15) is 0 Å². The van der Waals surface area contributed by atoms with E-state index in [0.29, 0.717) is 17.2 Å². The van der Waals surface area contributed by atoms with Gasteiger partial charge in [0.15, 0.2) is 0 Å². The molecule has 1 unspecified atom stereocenters. The lowest BCUT2D eigenvalue weighted by Crippen LogP contribution is -2.39. The molecule has 0 aliphatic carbocycles. The predicted molar refractivity (Wildman–Crippen MR) is 70.0 cm³/mol. The number of amides is 2. The first-order valence-corrected chi connectivity index (χ1v) is 5.54. The zero-order valence-corrected chi connectivity index (χ0v) is 10.8. The van der Waals surface area contributed by atoms with Gasteiger partial charge in [-0.05, 0) is 12.1 Å². The van der Waals surface area contributed by atoms with E-state index in [4.69, 9.17) is 20.9 Å². The Hall–Kier alpha value is -2.28. The first-order valence-electron chi connectivity index (χ1n) is 5.54. The Morgan fingerprint density at radius 3 is 2.53 bits per heavy atom. The van der Waals surface area contributed by atoms with Crippen LogP contribution in [0.1, 0.15) is 6.42 Å². The van der Waals surface area contributed by atoms with Crippen molar-refractivity contribution in [2.45, 2.75) is 12.5 Å². The lowest BCUT2D eigenvalue weighted by molar-refractivity contribution is -0.123. The van der Waals surface area contributed by atoms with Crippen LogP contribution in [0, 0.1) is 0 Å². The Balaban J connectivity index is 2.85. The molecule has 0 aromatic heterocycles. The first kappa shape index (κ1) is 14.8. The van der Waals surface area contributed by atoms with Crippen molar-refractivity contribution in [3.8, 4) is 11.5 Å². The first-order chi connectivity index (χ1) is 8.97. The van der Waals surface area contributed by atoms with Gasteiger partial charge in [-0.3, -0.25) is 9.59 Å². The highest BCUT2D eigenvalue weighted by molar-refractivity contribution is 5.98. The van der Waals surface area contributed by atoms with Gasteiger partial charge in [-0.1, -0.05) is 0 Å². The van der Waals surface area contributed by atoms with Gasteiger partial charge >= 0.3 is 0 Å². The highest BCUT2D eigenvalue weighted by Crippen LogP contribution is 2.28. The fourth-order valence-electron chi connectivity index (χ4n) is 1.45. The molecule has 0 saturated carbocycles. The molecule has 19 heavy (non-hydrogen) atoms. The van der Waals surface area contributed by atoms with Crippen LogP contribution in [0.2, 0.25) is 0 Å². The van der Waals surface area contributed by atoms with Crippen molar-refractivity contribution in [3.63, 3.8) is 0 Å². The van der Waals surface area contributed by atoms with Gasteiger partial charge in [-0.25, -0.2) is 0 Å². The van der Waals surface area contributed by atoms with E-state index in [1.165, 1.54) is 14.2 Å². The highest BCUT2D eigenvalue weighted by atomic mass is 16.5. The van der Waals surface area contributed by atoms with E-state index in [9.17, 15) is 9.59 Å². The quantitative estimate of drug-likeness (QED) is 0.662. The number of hydrogen-bond donors (Lipinski definition) is 3. The minimum absolute atomic E-state index is 0.224. The van der Waals surface area contributed by atoms with E-state index >= 15 is 0 Å². The number of anilines is 1. The lowest BCUT2D eigenvalue weighted by Gasteiger charge is -2.14. The minimum atomic E-state index is -1.01. The number of hydrogen-bond acceptors (Lipinski definition) is 5. The number of nitrogens with one attached hydrogen (secondary N) is 1. The molecule has 0 aliphatic heterocycles. The van der Waals surface area contributed by atoms with Crippen molar-refractivity contribution in [2.24, 2.45) is 11.5 Å². The molecule has 5 N–H and O–H groups in total. The Kier molecular flexibility index (Phi) is 5.13. The van der Waals surface area contributed by atoms with Crippen molar-refractivity contribution in [1.29, 1.82) is 0 Å². The molecule has 0 heterocycles. The molecule has 1 aromatic rings. The summed E-state index contributed by atoms with van der Waals surface area (Å²) >= 11 is 0. The maximum absolute atomic E-state index is 11.8. The third-order valence-electron chi connectivity index (χ3n) is 2.42. The standard InChI is InChI=1S/C12H17N3O4/c1-18-7-3-4-10(19-2)9(5-7)15-12(17)8(13)6-11(14)16/h3-5,8H,6,13H2,1-2H3,(H2,14,16)(H,15,17). The second kappa shape index (κ2) is 6.60. The number of carbonyl (C=O) groups excluding carboxylic acids is 2. The topological polar surface area (TPSA) is 117 Å². The summed E-state index contributed by atoms with van der Waals surface area (Å²) in [7, 11) is 2.98. The zero-order chi connectivity index (χ0) is 14.4. The molecular formula is C12H17N3O4. The molecule has 7 nitrogen and oxygen atoms in total. The van der Waals surface area contributed by atoms with Gasteiger partial charge in [0.25, 0.3) is 0 Å². The SMILES string of the molecule is COc1ccc(OC)c(NC(=O)C(N)CC(N)=O)c1. The fraction of sp³-hybridized carbons (Fsp3) is 0.333. The van der Waals surface area contributed by atoms with Gasteiger partial charge in [0.2, 0.25) is 11.8 Å². The van der Waals surface area contributed by atoms with Gasteiger partial charge in [-0.15, -0.1) is 0 Å². The average Bonchev–Trinajstić information content (AvgIpc) is 2.37. The molecule has 0 spiro atoms. The van der Waals surface area contributed by atoms with Crippen molar-refractivity contribution < 1.29 is 19.1 Å². The number of nitrogens with two attached hydrogens (primary N) is 2. The molecular weight excluding hydrogens is 250 g/mol. The second-order valence-corrected chi connectivity index (χ2v) is 3.83. The molecule has 1 aromatic carbocycles. The largest absolute Gasteiger partial charge is 0.497 e. The van der Waals surface area contributed by atoms with Crippen LogP contribution >= 0.6 is 0 Å². The molecule has 0 fully saturated rings. The van der Waals surface area contributed by atoms with E-state index in [2.05, 4.69) is 5.32 Å². The number of ether oxygens (including phenoxy) is 2. The van der Waals surface area contributed by atoms with E-state index in [1.54, 1.807) is 18.2 Å². The summed E-state index contributed by atoms with van der Waals surface area (Å²) in [5.41, 5.74) is 10.9. The van der Waals surface area contributed by atoms with Crippen molar-refractivity contribution >= 4 is 17.5 Å². The van der Waals surface area contributed by atoms with Gasteiger partial charge in [0.05, 0.1) is 32.4 Å². The summed E-state index contributed by atoms with van der Waals surface area (Å²) in [5.74, 6) is -0.148. The Morgan fingerprint density at radius 1 is 1.32 bits per heavy atom. The van der Waals surface area contributed by atoms with E-state index < -0.39 is 17.9 Å². The number of carbonyl (C=O) groups is 2. The van der Waals surface area contributed by atoms with Crippen LogP contribution in [0.25, 0.3) is 0 Å². The van der Waals surface area contributed by atoms with Gasteiger partial charge in [0, 0.05) is 6.07 Å². The average molecular weight is 267 g/mol. The third kappa shape index (κ3) is 4.14. The number of benzene rings is 1. The molecule has 0 aliphatic rings.